The second kappa shape index (κ2) is 1.49. The number of hydrogen-bond acceptors (Lipinski definition) is 1. The van der Waals surface area contributed by atoms with Crippen LogP contribution in [0.1, 0.15) is 6.42 Å². The summed E-state index contributed by atoms with van der Waals surface area (Å²) in [7, 11) is 0. The number of hydrogen-bond donors (Lipinski definition) is 0. The zero-order valence-corrected chi connectivity index (χ0v) is 5.14. The molecule has 0 saturated carbocycles. The van der Waals surface area contributed by atoms with Gasteiger partial charge in [0.1, 0.15) is 6.10 Å². The van der Waals surface area contributed by atoms with Gasteiger partial charge in [-0.1, -0.05) is 12.2 Å². The Bertz CT molecular complexity index is 132. The van der Waals surface area contributed by atoms with E-state index >= 15 is 0 Å². The number of halogens is 1. The van der Waals surface area contributed by atoms with Crippen molar-refractivity contribution in [1.82, 2.24) is 0 Å². The van der Waals surface area contributed by atoms with Gasteiger partial charge < -0.3 is 4.74 Å². The van der Waals surface area contributed by atoms with E-state index in [0.717, 1.165) is 6.42 Å². The summed E-state index contributed by atoms with van der Waals surface area (Å²) in [4.78, 5) is 0. The van der Waals surface area contributed by atoms with Gasteiger partial charge in [0.25, 0.3) is 0 Å². The Morgan fingerprint density at radius 2 is 2.50 bits per heavy atom. The molecule has 1 nitrogen and oxygen atoms in total. The van der Waals surface area contributed by atoms with E-state index in [1.54, 1.807) is 0 Å². The Morgan fingerprint density at radius 1 is 1.62 bits per heavy atom. The van der Waals surface area contributed by atoms with Gasteiger partial charge in [-0.3, -0.25) is 0 Å². The highest BCUT2D eigenvalue weighted by molar-refractivity contribution is 6.22. The molecule has 2 rings (SSSR count). The molecule has 0 N–H and O–H groups in total. The van der Waals surface area contributed by atoms with Crippen LogP contribution in [0.3, 0.4) is 0 Å². The number of ether oxygens (including phenoxy) is 1. The second-order valence-electron chi connectivity index (χ2n) is 2.25. The van der Waals surface area contributed by atoms with Crippen molar-refractivity contribution in [2.45, 2.75) is 24.0 Å². The first-order chi connectivity index (χ1) is 3.88. The predicted octanol–water partition coefficient (Wildman–Crippen LogP) is 1.32. The standard InChI is InChI=1S/C6H7ClO/c7-4-2-1-3-5-6(4)8-5/h1-2,4-6H,3H2/t4-,5+,6-/m0/s1. The minimum Gasteiger partial charge on any atom is -0.367 e. The van der Waals surface area contributed by atoms with Crippen LogP contribution < -0.4 is 0 Å². The molecule has 8 heavy (non-hydrogen) atoms. The third-order valence-electron chi connectivity index (χ3n) is 1.62. The molecule has 3 atom stereocenters. The van der Waals surface area contributed by atoms with Crippen LogP contribution in [0.5, 0.6) is 0 Å². The molecule has 0 aromatic heterocycles. The fourth-order valence-corrected chi connectivity index (χ4v) is 1.40. The van der Waals surface area contributed by atoms with Crippen LogP contribution in [0, 0.1) is 0 Å². The van der Waals surface area contributed by atoms with E-state index in [0.29, 0.717) is 12.2 Å². The molecule has 1 aliphatic carbocycles. The van der Waals surface area contributed by atoms with Crippen LogP contribution in [-0.2, 0) is 4.74 Å². The van der Waals surface area contributed by atoms with Crippen LogP contribution in [0.2, 0.25) is 0 Å². The molecule has 2 aliphatic rings. The Hall–Kier alpha value is -0.0100. The van der Waals surface area contributed by atoms with Gasteiger partial charge in [0.2, 0.25) is 0 Å². The minimum absolute atomic E-state index is 0.147. The number of epoxide rings is 1. The molecule has 0 bridgehead atoms. The van der Waals surface area contributed by atoms with Crippen molar-refractivity contribution < 1.29 is 4.74 Å². The smallest absolute Gasteiger partial charge is 0.104 e. The van der Waals surface area contributed by atoms with E-state index in [1.165, 1.54) is 0 Å². The minimum atomic E-state index is 0.147. The van der Waals surface area contributed by atoms with Crippen molar-refractivity contribution in [3.8, 4) is 0 Å². The summed E-state index contributed by atoms with van der Waals surface area (Å²) in [6, 6.07) is 0. The molecule has 1 saturated heterocycles. The molecular formula is C6H7ClO. The summed E-state index contributed by atoms with van der Waals surface area (Å²) in [6.45, 7) is 0. The normalized spacial score (nSPS) is 50.9. The van der Waals surface area contributed by atoms with Crippen LogP contribution >= 0.6 is 11.6 Å². The van der Waals surface area contributed by atoms with Gasteiger partial charge in [-0.25, -0.2) is 0 Å². The molecule has 0 radical (unpaired) electrons. The average Bonchev–Trinajstić information content (AvgIpc) is 2.45. The lowest BCUT2D eigenvalue weighted by molar-refractivity contribution is 0.377. The van der Waals surface area contributed by atoms with Crippen molar-refractivity contribution in [3.63, 3.8) is 0 Å². The maximum atomic E-state index is 5.80. The Labute approximate surface area is 53.3 Å². The SMILES string of the molecule is Cl[C@H]1C=CC[C@H]2O[C@@H]12. The van der Waals surface area contributed by atoms with Gasteiger partial charge in [0.05, 0.1) is 11.5 Å². The van der Waals surface area contributed by atoms with Crippen LogP contribution in [0.15, 0.2) is 12.2 Å². The maximum absolute atomic E-state index is 5.80. The molecule has 2 heteroatoms. The summed E-state index contributed by atoms with van der Waals surface area (Å²) in [5, 5.41) is 0.147. The van der Waals surface area contributed by atoms with E-state index < -0.39 is 0 Å². The zero-order chi connectivity index (χ0) is 5.56. The van der Waals surface area contributed by atoms with Gasteiger partial charge in [-0.2, -0.15) is 0 Å². The van der Waals surface area contributed by atoms with Crippen molar-refractivity contribution in [3.05, 3.63) is 12.2 Å². The summed E-state index contributed by atoms with van der Waals surface area (Å²) in [6.07, 6.45) is 5.97. The lowest BCUT2D eigenvalue weighted by atomic mass is 10.1. The fourth-order valence-electron chi connectivity index (χ4n) is 1.08. The summed E-state index contributed by atoms with van der Waals surface area (Å²) in [5.41, 5.74) is 0. The van der Waals surface area contributed by atoms with Gasteiger partial charge >= 0.3 is 0 Å². The fraction of sp³-hybridized carbons (Fsp3) is 0.667. The zero-order valence-electron chi connectivity index (χ0n) is 4.38. The highest BCUT2D eigenvalue weighted by atomic mass is 35.5. The predicted molar refractivity (Wildman–Crippen MR) is 32.1 cm³/mol. The lowest BCUT2D eigenvalue weighted by Gasteiger charge is -2.00. The monoisotopic (exact) mass is 130 g/mol. The third kappa shape index (κ3) is 0.583. The molecular weight excluding hydrogens is 124 g/mol. The maximum Gasteiger partial charge on any atom is 0.104 e. The Morgan fingerprint density at radius 3 is 3.12 bits per heavy atom. The van der Waals surface area contributed by atoms with Crippen molar-refractivity contribution in [1.29, 1.82) is 0 Å². The first-order valence-corrected chi connectivity index (χ1v) is 3.28. The van der Waals surface area contributed by atoms with Crippen LogP contribution in [-0.4, -0.2) is 17.6 Å². The average molecular weight is 131 g/mol. The number of fused-ring (bicyclic) bond motifs is 1. The van der Waals surface area contributed by atoms with Gasteiger partial charge in [0, 0.05) is 0 Å². The van der Waals surface area contributed by atoms with Crippen molar-refractivity contribution >= 4 is 11.6 Å². The van der Waals surface area contributed by atoms with Gasteiger partial charge in [0.15, 0.2) is 0 Å². The van der Waals surface area contributed by atoms with Crippen LogP contribution in [0.25, 0.3) is 0 Å². The molecule has 0 aromatic rings. The van der Waals surface area contributed by atoms with E-state index in [2.05, 4.69) is 6.08 Å². The highest BCUT2D eigenvalue weighted by Gasteiger charge is 2.44. The second-order valence-corrected chi connectivity index (χ2v) is 2.75. The van der Waals surface area contributed by atoms with Crippen molar-refractivity contribution in [2.75, 3.05) is 0 Å². The van der Waals surface area contributed by atoms with E-state index in [4.69, 9.17) is 16.3 Å². The number of rotatable bonds is 0. The first kappa shape index (κ1) is 4.83. The summed E-state index contributed by atoms with van der Waals surface area (Å²) in [5.74, 6) is 0. The Balaban J connectivity index is 2.13. The largest absolute Gasteiger partial charge is 0.367 e. The summed E-state index contributed by atoms with van der Waals surface area (Å²) < 4.78 is 5.20. The molecule has 1 aliphatic heterocycles. The van der Waals surface area contributed by atoms with Crippen LogP contribution in [0.4, 0.5) is 0 Å². The number of alkyl halides is 1. The summed E-state index contributed by atoms with van der Waals surface area (Å²) >= 11 is 5.80. The molecule has 0 amide bonds. The molecule has 0 aromatic carbocycles. The van der Waals surface area contributed by atoms with Gasteiger partial charge in [-0.15, -0.1) is 11.6 Å². The molecule has 0 spiro atoms. The first-order valence-electron chi connectivity index (χ1n) is 2.84. The Kier molecular flexibility index (Phi) is 0.897. The molecule has 1 fully saturated rings. The van der Waals surface area contributed by atoms with Gasteiger partial charge in [-0.05, 0) is 6.42 Å². The van der Waals surface area contributed by atoms with Crippen molar-refractivity contribution in [2.24, 2.45) is 0 Å². The lowest BCUT2D eigenvalue weighted by Crippen LogP contribution is -2.10. The quantitative estimate of drug-likeness (QED) is 0.274. The highest BCUT2D eigenvalue weighted by Crippen LogP contribution is 2.35. The third-order valence-corrected chi connectivity index (χ3v) is 2.02. The molecule has 1 heterocycles. The molecule has 44 valence electrons. The topological polar surface area (TPSA) is 12.5 Å². The van der Waals surface area contributed by atoms with E-state index in [-0.39, 0.29) is 5.38 Å². The molecule has 0 unspecified atom stereocenters. The van der Waals surface area contributed by atoms with E-state index in [1.807, 2.05) is 6.08 Å². The van der Waals surface area contributed by atoms with E-state index in [9.17, 15) is 0 Å².